The molecule has 0 saturated carbocycles. The van der Waals surface area contributed by atoms with Crippen LogP contribution in [0.4, 0.5) is 11.8 Å². The van der Waals surface area contributed by atoms with E-state index in [0.717, 1.165) is 0 Å². The molecule has 0 amide bonds. The number of anilines is 2. The van der Waals surface area contributed by atoms with E-state index in [4.69, 9.17) is 5.73 Å². The van der Waals surface area contributed by atoms with Crippen molar-refractivity contribution in [1.29, 1.82) is 0 Å². The van der Waals surface area contributed by atoms with Crippen LogP contribution >= 0.6 is 0 Å². The summed E-state index contributed by atoms with van der Waals surface area (Å²) in [6, 6.07) is 1.61. The quantitative estimate of drug-likeness (QED) is 0.476. The SMILES string of the molecule is C/C=N/Nc1nccc(N)n1. The number of rotatable bonds is 2. The Bertz CT molecular complexity index is 257. The zero-order valence-electron chi connectivity index (χ0n) is 6.15. The fraction of sp³-hybridized carbons (Fsp3) is 0.167. The number of aromatic nitrogens is 2. The first-order chi connectivity index (χ1) is 5.33. The average Bonchev–Trinajstić information content (AvgIpc) is 2.01. The van der Waals surface area contributed by atoms with Crippen LogP contribution in [0.2, 0.25) is 0 Å². The van der Waals surface area contributed by atoms with Crippen LogP contribution in [-0.4, -0.2) is 16.2 Å². The van der Waals surface area contributed by atoms with Gasteiger partial charge in [0.25, 0.3) is 0 Å². The fourth-order valence-electron chi connectivity index (χ4n) is 0.549. The highest BCUT2D eigenvalue weighted by atomic mass is 15.3. The molecule has 0 aliphatic heterocycles. The average molecular weight is 151 g/mol. The zero-order chi connectivity index (χ0) is 8.10. The third-order valence-corrected chi connectivity index (χ3v) is 0.971. The van der Waals surface area contributed by atoms with Crippen LogP contribution in [0.1, 0.15) is 6.92 Å². The molecule has 1 aromatic heterocycles. The van der Waals surface area contributed by atoms with Gasteiger partial charge in [0, 0.05) is 12.4 Å². The molecule has 11 heavy (non-hydrogen) atoms. The van der Waals surface area contributed by atoms with Gasteiger partial charge in [-0.3, -0.25) is 0 Å². The minimum Gasteiger partial charge on any atom is -0.384 e. The summed E-state index contributed by atoms with van der Waals surface area (Å²) >= 11 is 0. The Kier molecular flexibility index (Phi) is 2.37. The molecule has 0 fully saturated rings. The number of hydrazone groups is 1. The standard InChI is InChI=1S/C6H9N5/c1-2-9-11-6-8-4-3-5(7)10-6/h2-4H,1H3,(H3,7,8,10,11)/b9-2+. The van der Waals surface area contributed by atoms with Gasteiger partial charge in [-0.2, -0.15) is 10.1 Å². The lowest BCUT2D eigenvalue weighted by Gasteiger charge is -1.96. The van der Waals surface area contributed by atoms with Crippen molar-refractivity contribution in [3.63, 3.8) is 0 Å². The Morgan fingerprint density at radius 1 is 1.73 bits per heavy atom. The molecule has 0 atom stereocenters. The van der Waals surface area contributed by atoms with Crippen LogP contribution in [0, 0.1) is 0 Å². The maximum absolute atomic E-state index is 5.39. The predicted molar refractivity (Wildman–Crippen MR) is 44.2 cm³/mol. The second-order valence-electron chi connectivity index (χ2n) is 1.80. The van der Waals surface area contributed by atoms with Crippen LogP contribution < -0.4 is 11.2 Å². The Morgan fingerprint density at radius 2 is 2.55 bits per heavy atom. The molecule has 0 bridgehead atoms. The van der Waals surface area contributed by atoms with E-state index in [2.05, 4.69) is 20.5 Å². The summed E-state index contributed by atoms with van der Waals surface area (Å²) in [5.74, 6) is 0.830. The minimum atomic E-state index is 0.406. The Morgan fingerprint density at radius 3 is 3.18 bits per heavy atom. The van der Waals surface area contributed by atoms with Gasteiger partial charge in [0.15, 0.2) is 0 Å². The molecular formula is C6H9N5. The normalized spacial score (nSPS) is 10.3. The van der Waals surface area contributed by atoms with Crippen molar-refractivity contribution < 1.29 is 0 Å². The number of nitrogens with one attached hydrogen (secondary N) is 1. The van der Waals surface area contributed by atoms with Crippen molar-refractivity contribution in [3.05, 3.63) is 12.3 Å². The molecule has 5 nitrogen and oxygen atoms in total. The fourth-order valence-corrected chi connectivity index (χ4v) is 0.549. The number of nitrogens with two attached hydrogens (primary N) is 1. The Labute approximate surface area is 64.4 Å². The lowest BCUT2D eigenvalue weighted by molar-refractivity contribution is 1.12. The molecule has 1 aromatic rings. The zero-order valence-corrected chi connectivity index (χ0v) is 6.15. The topological polar surface area (TPSA) is 76.2 Å². The minimum absolute atomic E-state index is 0.406. The maximum Gasteiger partial charge on any atom is 0.245 e. The Hall–Kier alpha value is -1.65. The summed E-state index contributed by atoms with van der Waals surface area (Å²) in [5, 5.41) is 3.73. The molecule has 0 aliphatic carbocycles. The molecular weight excluding hydrogens is 142 g/mol. The maximum atomic E-state index is 5.39. The van der Waals surface area contributed by atoms with E-state index >= 15 is 0 Å². The van der Waals surface area contributed by atoms with E-state index in [1.165, 1.54) is 0 Å². The number of hydrogen-bond donors (Lipinski definition) is 2. The second kappa shape index (κ2) is 3.50. The van der Waals surface area contributed by atoms with Crippen LogP contribution in [0.15, 0.2) is 17.4 Å². The highest BCUT2D eigenvalue weighted by Gasteiger charge is 1.91. The summed E-state index contributed by atoms with van der Waals surface area (Å²) in [7, 11) is 0. The van der Waals surface area contributed by atoms with Gasteiger partial charge in [-0.05, 0) is 13.0 Å². The van der Waals surface area contributed by atoms with Gasteiger partial charge in [-0.15, -0.1) is 0 Å². The summed E-state index contributed by atoms with van der Waals surface area (Å²) < 4.78 is 0. The van der Waals surface area contributed by atoms with E-state index in [0.29, 0.717) is 11.8 Å². The molecule has 0 unspecified atom stereocenters. The molecule has 58 valence electrons. The van der Waals surface area contributed by atoms with E-state index in [-0.39, 0.29) is 0 Å². The summed E-state index contributed by atoms with van der Waals surface area (Å²) in [4.78, 5) is 7.71. The summed E-state index contributed by atoms with van der Waals surface area (Å²) in [6.07, 6.45) is 3.17. The Balaban J connectivity index is 2.71. The van der Waals surface area contributed by atoms with Gasteiger partial charge in [-0.25, -0.2) is 10.4 Å². The molecule has 0 aromatic carbocycles. The third kappa shape index (κ3) is 2.21. The van der Waals surface area contributed by atoms with Crippen LogP contribution in [0.3, 0.4) is 0 Å². The predicted octanol–water partition coefficient (Wildman–Crippen LogP) is 0.476. The summed E-state index contributed by atoms with van der Waals surface area (Å²) in [6.45, 7) is 1.79. The lowest BCUT2D eigenvalue weighted by atomic mass is 10.6. The highest BCUT2D eigenvalue weighted by molar-refractivity contribution is 5.54. The van der Waals surface area contributed by atoms with E-state index < -0.39 is 0 Å². The van der Waals surface area contributed by atoms with Crippen molar-refractivity contribution in [2.45, 2.75) is 6.92 Å². The number of hydrogen-bond acceptors (Lipinski definition) is 5. The molecule has 3 N–H and O–H groups in total. The van der Waals surface area contributed by atoms with Crippen LogP contribution in [0.5, 0.6) is 0 Å². The van der Waals surface area contributed by atoms with Crippen molar-refractivity contribution >= 4 is 18.0 Å². The monoisotopic (exact) mass is 151 g/mol. The van der Waals surface area contributed by atoms with Crippen LogP contribution in [0.25, 0.3) is 0 Å². The van der Waals surface area contributed by atoms with E-state index in [1.54, 1.807) is 25.4 Å². The first-order valence-electron chi connectivity index (χ1n) is 3.15. The largest absolute Gasteiger partial charge is 0.384 e. The van der Waals surface area contributed by atoms with E-state index in [1.807, 2.05) is 0 Å². The van der Waals surface area contributed by atoms with Gasteiger partial charge in [0.1, 0.15) is 5.82 Å². The molecule has 0 aliphatic rings. The first-order valence-corrected chi connectivity index (χ1v) is 3.15. The van der Waals surface area contributed by atoms with Crippen molar-refractivity contribution in [3.8, 4) is 0 Å². The summed E-state index contributed by atoms with van der Waals surface area (Å²) in [5.41, 5.74) is 7.99. The third-order valence-electron chi connectivity index (χ3n) is 0.971. The van der Waals surface area contributed by atoms with Gasteiger partial charge in [0.05, 0.1) is 0 Å². The molecule has 5 heteroatoms. The van der Waals surface area contributed by atoms with E-state index in [9.17, 15) is 0 Å². The first kappa shape index (κ1) is 7.46. The molecule has 1 heterocycles. The number of nitrogen functional groups attached to an aromatic ring is 1. The second-order valence-corrected chi connectivity index (χ2v) is 1.80. The molecule has 0 radical (unpaired) electrons. The smallest absolute Gasteiger partial charge is 0.245 e. The molecule has 0 saturated heterocycles. The van der Waals surface area contributed by atoms with Crippen molar-refractivity contribution in [2.24, 2.45) is 5.10 Å². The van der Waals surface area contributed by atoms with Gasteiger partial charge in [-0.1, -0.05) is 0 Å². The van der Waals surface area contributed by atoms with Crippen molar-refractivity contribution in [2.75, 3.05) is 11.2 Å². The van der Waals surface area contributed by atoms with Gasteiger partial charge < -0.3 is 5.73 Å². The van der Waals surface area contributed by atoms with Gasteiger partial charge >= 0.3 is 0 Å². The number of nitrogens with zero attached hydrogens (tertiary/aromatic N) is 3. The molecule has 0 spiro atoms. The van der Waals surface area contributed by atoms with Crippen molar-refractivity contribution in [1.82, 2.24) is 9.97 Å². The van der Waals surface area contributed by atoms with Crippen LogP contribution in [-0.2, 0) is 0 Å². The highest BCUT2D eigenvalue weighted by Crippen LogP contribution is 1.99. The van der Waals surface area contributed by atoms with Gasteiger partial charge in [0.2, 0.25) is 5.95 Å². The molecule has 1 rings (SSSR count). The lowest BCUT2D eigenvalue weighted by Crippen LogP contribution is -1.98.